The zero-order valence-electron chi connectivity index (χ0n) is 36.2. The molecule has 0 bridgehead atoms. The molecule has 12 rings (SSSR count). The third kappa shape index (κ3) is 7.12. The highest BCUT2D eigenvalue weighted by Gasteiger charge is 2.22. The van der Waals surface area contributed by atoms with Crippen LogP contribution in [0.25, 0.3) is 99.5 Å². The molecule has 0 spiro atoms. The summed E-state index contributed by atoms with van der Waals surface area (Å²) >= 11 is 0. The van der Waals surface area contributed by atoms with Gasteiger partial charge in [0.05, 0.1) is 5.69 Å². The molecule has 1 aromatic heterocycles. The number of benzene rings is 11. The summed E-state index contributed by atoms with van der Waals surface area (Å²) in [4.78, 5) is 2.41. The quantitative estimate of drug-likeness (QED) is 0.144. The molecule has 0 saturated carbocycles. The molecule has 12 aromatic rings. The van der Waals surface area contributed by atoms with Gasteiger partial charge in [-0.25, -0.2) is 0 Å². The number of hydrogen-bond acceptors (Lipinski definition) is 2. The molecule has 0 saturated heterocycles. The summed E-state index contributed by atoms with van der Waals surface area (Å²) in [5.41, 5.74) is 19.0. The molecule has 310 valence electrons. The largest absolute Gasteiger partial charge is 0.456 e. The highest BCUT2D eigenvalue weighted by molar-refractivity contribution is 6.06. The van der Waals surface area contributed by atoms with Gasteiger partial charge in [-0.2, -0.15) is 0 Å². The standard InChI is InChI=1S/C64H43NO/c1-3-16-44(17-4-1)49-34-40-57(61(42-49)56-24-10-9-23-55(56)46-18-5-2-6-19-46)58-25-11-13-28-62(58)65(52-38-32-48(33-39-52)54-27-15-21-47-20-7-8-22-53(47)54)51-36-30-45(31-37-51)50-35-41-60-59-26-12-14-29-63(59)66-64(60)43-50/h1-43H. The van der Waals surface area contributed by atoms with Crippen molar-refractivity contribution in [3.8, 4) is 66.8 Å². The van der Waals surface area contributed by atoms with Crippen molar-refractivity contribution in [1.29, 1.82) is 0 Å². The Morgan fingerprint density at radius 2 is 0.727 bits per heavy atom. The van der Waals surface area contributed by atoms with E-state index in [1.54, 1.807) is 0 Å². The Kier molecular flexibility index (Phi) is 9.89. The van der Waals surface area contributed by atoms with Crippen molar-refractivity contribution in [2.24, 2.45) is 0 Å². The fourth-order valence-corrected chi connectivity index (χ4v) is 9.70. The molecule has 0 fully saturated rings. The molecule has 1 heterocycles. The Bertz CT molecular complexity index is 3680. The fourth-order valence-electron chi connectivity index (χ4n) is 9.70. The van der Waals surface area contributed by atoms with Crippen LogP contribution in [0, 0.1) is 0 Å². The van der Waals surface area contributed by atoms with Gasteiger partial charge in [-0.3, -0.25) is 0 Å². The van der Waals surface area contributed by atoms with Gasteiger partial charge in [-0.15, -0.1) is 0 Å². The van der Waals surface area contributed by atoms with E-state index in [9.17, 15) is 0 Å². The predicted molar refractivity (Wildman–Crippen MR) is 279 cm³/mol. The number of hydrogen-bond donors (Lipinski definition) is 0. The molecule has 0 aliphatic carbocycles. The maximum atomic E-state index is 6.31. The molecule has 0 aliphatic heterocycles. The van der Waals surface area contributed by atoms with Crippen molar-refractivity contribution in [3.63, 3.8) is 0 Å². The van der Waals surface area contributed by atoms with Crippen molar-refractivity contribution in [3.05, 3.63) is 261 Å². The number of rotatable bonds is 9. The summed E-state index contributed by atoms with van der Waals surface area (Å²) in [7, 11) is 0. The van der Waals surface area contributed by atoms with Gasteiger partial charge in [0.15, 0.2) is 0 Å². The lowest BCUT2D eigenvalue weighted by atomic mass is 9.86. The smallest absolute Gasteiger partial charge is 0.136 e. The van der Waals surface area contributed by atoms with Gasteiger partial charge < -0.3 is 9.32 Å². The monoisotopic (exact) mass is 841 g/mol. The zero-order chi connectivity index (χ0) is 43.8. The molecule has 2 heteroatoms. The van der Waals surface area contributed by atoms with Crippen molar-refractivity contribution in [2.45, 2.75) is 0 Å². The maximum absolute atomic E-state index is 6.31. The van der Waals surface area contributed by atoms with E-state index >= 15 is 0 Å². The second-order valence-electron chi connectivity index (χ2n) is 16.8. The summed E-state index contributed by atoms with van der Waals surface area (Å²) in [6, 6.07) is 94.0. The first-order valence-electron chi connectivity index (χ1n) is 22.6. The number of furan rings is 1. The van der Waals surface area contributed by atoms with Gasteiger partial charge in [0, 0.05) is 27.7 Å². The molecule has 2 nitrogen and oxygen atoms in total. The molecule has 0 atom stereocenters. The van der Waals surface area contributed by atoms with E-state index in [-0.39, 0.29) is 0 Å². The van der Waals surface area contributed by atoms with Crippen LogP contribution in [0.2, 0.25) is 0 Å². The summed E-state index contributed by atoms with van der Waals surface area (Å²) in [5.74, 6) is 0. The molecule has 0 radical (unpaired) electrons. The fraction of sp³-hybridized carbons (Fsp3) is 0. The molecule has 11 aromatic carbocycles. The van der Waals surface area contributed by atoms with Gasteiger partial charge in [-0.05, 0) is 127 Å². The van der Waals surface area contributed by atoms with E-state index in [4.69, 9.17) is 4.42 Å². The Morgan fingerprint density at radius 1 is 0.242 bits per heavy atom. The second-order valence-corrected chi connectivity index (χ2v) is 16.8. The molecule has 66 heavy (non-hydrogen) atoms. The van der Waals surface area contributed by atoms with Crippen molar-refractivity contribution in [2.75, 3.05) is 4.90 Å². The van der Waals surface area contributed by atoms with Crippen LogP contribution < -0.4 is 4.90 Å². The average molecular weight is 842 g/mol. The third-order valence-electron chi connectivity index (χ3n) is 12.9. The van der Waals surface area contributed by atoms with Crippen molar-refractivity contribution in [1.82, 2.24) is 0 Å². The highest BCUT2D eigenvalue weighted by atomic mass is 16.3. The van der Waals surface area contributed by atoms with Crippen LogP contribution in [0.5, 0.6) is 0 Å². The van der Waals surface area contributed by atoms with E-state index in [2.05, 4.69) is 254 Å². The summed E-state index contributed by atoms with van der Waals surface area (Å²) < 4.78 is 6.31. The molecule has 0 amide bonds. The van der Waals surface area contributed by atoms with Gasteiger partial charge in [0.2, 0.25) is 0 Å². The third-order valence-corrected chi connectivity index (χ3v) is 12.9. The first kappa shape index (κ1) is 38.9. The normalized spacial score (nSPS) is 11.3. The van der Waals surface area contributed by atoms with Crippen LogP contribution in [0.1, 0.15) is 0 Å². The lowest BCUT2D eigenvalue weighted by molar-refractivity contribution is 0.669. The molecular weight excluding hydrogens is 799 g/mol. The Balaban J connectivity index is 1.03. The molecule has 0 aliphatic rings. The Labute approximate surface area is 384 Å². The minimum atomic E-state index is 0.891. The van der Waals surface area contributed by atoms with Gasteiger partial charge in [-0.1, -0.05) is 206 Å². The summed E-state index contributed by atoms with van der Waals surface area (Å²) in [5, 5.41) is 4.74. The Morgan fingerprint density at radius 3 is 1.50 bits per heavy atom. The van der Waals surface area contributed by atoms with Gasteiger partial charge in [0.25, 0.3) is 0 Å². The van der Waals surface area contributed by atoms with E-state index in [0.29, 0.717) is 0 Å². The summed E-state index contributed by atoms with van der Waals surface area (Å²) in [6.07, 6.45) is 0. The van der Waals surface area contributed by atoms with E-state index in [1.807, 2.05) is 12.1 Å². The highest BCUT2D eigenvalue weighted by Crippen LogP contribution is 2.47. The van der Waals surface area contributed by atoms with Crippen LogP contribution in [-0.2, 0) is 0 Å². The van der Waals surface area contributed by atoms with Gasteiger partial charge >= 0.3 is 0 Å². The van der Waals surface area contributed by atoms with Crippen LogP contribution >= 0.6 is 0 Å². The molecule has 0 unspecified atom stereocenters. The first-order valence-corrected chi connectivity index (χ1v) is 22.6. The second kappa shape index (κ2) is 16.8. The number of fused-ring (bicyclic) bond motifs is 4. The van der Waals surface area contributed by atoms with Crippen LogP contribution in [-0.4, -0.2) is 0 Å². The number of nitrogens with zero attached hydrogens (tertiary/aromatic N) is 1. The average Bonchev–Trinajstić information content (AvgIpc) is 3.78. The van der Waals surface area contributed by atoms with Crippen LogP contribution in [0.15, 0.2) is 265 Å². The Hall–Kier alpha value is -8.72. The number of anilines is 3. The zero-order valence-corrected chi connectivity index (χ0v) is 36.2. The van der Waals surface area contributed by atoms with Crippen molar-refractivity contribution >= 4 is 49.8 Å². The lowest BCUT2D eigenvalue weighted by Crippen LogP contribution is -2.11. The topological polar surface area (TPSA) is 16.4 Å². The summed E-state index contributed by atoms with van der Waals surface area (Å²) in [6.45, 7) is 0. The molecule has 0 N–H and O–H groups in total. The predicted octanol–water partition coefficient (Wildman–Crippen LogP) is 18.2. The van der Waals surface area contributed by atoms with E-state index < -0.39 is 0 Å². The lowest BCUT2D eigenvalue weighted by Gasteiger charge is -2.29. The van der Waals surface area contributed by atoms with E-state index in [0.717, 1.165) is 61.3 Å². The van der Waals surface area contributed by atoms with Gasteiger partial charge in [0.1, 0.15) is 11.2 Å². The minimum absolute atomic E-state index is 0.891. The van der Waals surface area contributed by atoms with E-state index in [1.165, 1.54) is 55.3 Å². The van der Waals surface area contributed by atoms with Crippen LogP contribution in [0.4, 0.5) is 17.1 Å². The van der Waals surface area contributed by atoms with Crippen molar-refractivity contribution < 1.29 is 4.42 Å². The maximum Gasteiger partial charge on any atom is 0.136 e. The SMILES string of the molecule is c1ccc(-c2ccc(-c3ccccc3N(c3ccc(-c4ccc5c(c4)oc4ccccc45)cc3)c3ccc(-c4cccc5ccccc45)cc3)c(-c3ccccc3-c3ccccc3)c2)cc1. The first-order chi connectivity index (χ1) is 32.7. The molecular formula is C64H43NO. The number of para-hydroxylation sites is 2. The minimum Gasteiger partial charge on any atom is -0.456 e. The van der Waals surface area contributed by atoms with Crippen LogP contribution in [0.3, 0.4) is 0 Å².